The molecule has 0 bridgehead atoms. The highest BCUT2D eigenvalue weighted by Gasteiger charge is 2.41. The fraction of sp³-hybridized carbons (Fsp3) is 0.467. The summed E-state index contributed by atoms with van der Waals surface area (Å²) in [5.74, 6) is 6.40. The number of rotatable bonds is 5. The molecule has 3 aliphatic rings. The number of hydrogen-bond acceptors (Lipinski definition) is 6. The Morgan fingerprint density at radius 2 is 0.889 bits per heavy atom. The van der Waals surface area contributed by atoms with Crippen molar-refractivity contribution in [3.8, 4) is 0 Å². The van der Waals surface area contributed by atoms with Gasteiger partial charge in [0.25, 0.3) is 0 Å². The molecule has 9 heteroatoms. The van der Waals surface area contributed by atoms with Crippen molar-refractivity contribution in [1.29, 1.82) is 0 Å². The van der Waals surface area contributed by atoms with Crippen LogP contribution in [0.1, 0.15) is 174 Å². The number of aromatic nitrogens is 9. The van der Waals surface area contributed by atoms with Crippen LogP contribution in [-0.2, 0) is 22.8 Å². The maximum absolute atomic E-state index is 5.29. The van der Waals surface area contributed by atoms with E-state index >= 15 is 0 Å². The molecule has 3 unspecified atom stereocenters. The van der Waals surface area contributed by atoms with Crippen LogP contribution in [0.5, 0.6) is 0 Å². The van der Waals surface area contributed by atoms with Gasteiger partial charge in [-0.05, 0) is 47.1 Å². The molecule has 0 aliphatic carbocycles. The standard InChI is InChI=1S/C45H53N9/c1-43(2,3)40-46-37-32(21-22-52(37)49-40)28-17-13-18-29(23-28)34-26-36(54-39(34)48-42(51-54)45(7,8)9)31-20-14-19-30(24-31)33-25-35(27-15-11-10-12-16-27)53-38(33)47-41(50-53)44(4,5)6/h10-20,23-24,32-36H,21-22,25-26H2,1-9H3/t32-,33?,34?,35+,36?/m0/s1. The summed E-state index contributed by atoms with van der Waals surface area (Å²) in [7, 11) is 0. The van der Waals surface area contributed by atoms with Gasteiger partial charge in [-0.25, -0.2) is 29.0 Å². The molecule has 6 aromatic rings. The number of nitrogens with zero attached hydrogens (tertiary/aromatic N) is 9. The smallest absolute Gasteiger partial charge is 0.156 e. The lowest BCUT2D eigenvalue weighted by Gasteiger charge is -2.19. The molecule has 0 spiro atoms. The van der Waals surface area contributed by atoms with E-state index in [1.165, 1.54) is 27.8 Å². The van der Waals surface area contributed by atoms with Crippen molar-refractivity contribution in [3.05, 3.63) is 142 Å². The zero-order chi connectivity index (χ0) is 37.7. The summed E-state index contributed by atoms with van der Waals surface area (Å²) in [5, 5.41) is 15.3. The quantitative estimate of drug-likeness (QED) is 0.177. The summed E-state index contributed by atoms with van der Waals surface area (Å²) < 4.78 is 6.57. The fourth-order valence-corrected chi connectivity index (χ4v) is 8.66. The number of hydrogen-bond donors (Lipinski definition) is 0. The first-order chi connectivity index (χ1) is 25.6. The van der Waals surface area contributed by atoms with Gasteiger partial charge in [0.1, 0.15) is 17.5 Å². The molecule has 5 atom stereocenters. The van der Waals surface area contributed by atoms with Crippen molar-refractivity contribution >= 4 is 0 Å². The molecule has 0 fully saturated rings. The van der Waals surface area contributed by atoms with Gasteiger partial charge in [0.2, 0.25) is 0 Å². The van der Waals surface area contributed by atoms with Crippen LogP contribution < -0.4 is 0 Å². The van der Waals surface area contributed by atoms with Crippen LogP contribution in [0.4, 0.5) is 0 Å². The lowest BCUT2D eigenvalue weighted by Crippen LogP contribution is -2.16. The van der Waals surface area contributed by atoms with Crippen LogP contribution in [0.2, 0.25) is 0 Å². The van der Waals surface area contributed by atoms with Crippen LogP contribution >= 0.6 is 0 Å². The van der Waals surface area contributed by atoms with Gasteiger partial charge in [0.15, 0.2) is 17.5 Å². The molecule has 6 heterocycles. The lowest BCUT2D eigenvalue weighted by molar-refractivity contribution is 0.494. The Morgan fingerprint density at radius 1 is 0.463 bits per heavy atom. The molecule has 3 aromatic heterocycles. The molecular formula is C45H53N9. The van der Waals surface area contributed by atoms with Gasteiger partial charge in [0, 0.05) is 40.5 Å². The highest BCUT2D eigenvalue weighted by molar-refractivity contribution is 5.41. The maximum Gasteiger partial charge on any atom is 0.156 e. The monoisotopic (exact) mass is 719 g/mol. The first kappa shape index (κ1) is 34.8. The number of aryl methyl sites for hydroxylation is 1. The number of fused-ring (bicyclic) bond motifs is 3. The minimum absolute atomic E-state index is 0.0652. The van der Waals surface area contributed by atoms with Gasteiger partial charge in [0.05, 0.1) is 12.1 Å². The second-order valence-corrected chi connectivity index (χ2v) is 18.9. The molecule has 0 N–H and O–H groups in total. The Bertz CT molecular complexity index is 2340. The summed E-state index contributed by atoms with van der Waals surface area (Å²) in [6.45, 7) is 20.7. The third-order valence-corrected chi connectivity index (χ3v) is 11.7. The van der Waals surface area contributed by atoms with E-state index in [4.69, 9.17) is 30.2 Å². The van der Waals surface area contributed by atoms with Crippen molar-refractivity contribution < 1.29 is 0 Å². The molecule has 9 nitrogen and oxygen atoms in total. The zero-order valence-electron chi connectivity index (χ0n) is 33.2. The van der Waals surface area contributed by atoms with Crippen LogP contribution in [0.25, 0.3) is 0 Å². The van der Waals surface area contributed by atoms with Gasteiger partial charge in [-0.15, -0.1) is 0 Å². The molecule has 54 heavy (non-hydrogen) atoms. The lowest BCUT2D eigenvalue weighted by atomic mass is 9.87. The van der Waals surface area contributed by atoms with Crippen molar-refractivity contribution in [2.45, 2.75) is 134 Å². The van der Waals surface area contributed by atoms with Crippen molar-refractivity contribution in [1.82, 2.24) is 44.3 Å². The predicted molar refractivity (Wildman–Crippen MR) is 211 cm³/mol. The molecule has 3 aromatic carbocycles. The molecule has 0 amide bonds. The fourth-order valence-electron chi connectivity index (χ4n) is 8.66. The molecule has 0 saturated heterocycles. The maximum atomic E-state index is 5.29. The molecule has 9 rings (SSSR count). The highest BCUT2D eigenvalue weighted by Crippen LogP contribution is 2.47. The second kappa shape index (κ2) is 12.3. The SMILES string of the molecule is CC(C)(C)c1nc2n(n1)CC[C@H]2c1cccc(C2CC(c3cccc(C4C[C@H](c5ccccc5)n5nc(C(C)(C)C)nc54)c3)n3nc(C(C)(C)C)nc32)c1. The first-order valence-electron chi connectivity index (χ1n) is 19.8. The summed E-state index contributed by atoms with van der Waals surface area (Å²) in [6, 6.07) is 29.4. The molecular weight excluding hydrogens is 667 g/mol. The van der Waals surface area contributed by atoms with E-state index in [2.05, 4.69) is 155 Å². The van der Waals surface area contributed by atoms with E-state index in [0.29, 0.717) is 0 Å². The average Bonchev–Trinajstić information content (AvgIpc) is 3.95. The van der Waals surface area contributed by atoms with Crippen LogP contribution in [0.15, 0.2) is 78.9 Å². The third-order valence-electron chi connectivity index (χ3n) is 11.7. The van der Waals surface area contributed by atoms with E-state index < -0.39 is 0 Å². The topological polar surface area (TPSA) is 92.1 Å². The Morgan fingerprint density at radius 3 is 1.43 bits per heavy atom. The van der Waals surface area contributed by atoms with E-state index in [9.17, 15) is 0 Å². The van der Waals surface area contributed by atoms with Crippen molar-refractivity contribution in [3.63, 3.8) is 0 Å². The molecule has 278 valence electrons. The van der Waals surface area contributed by atoms with Gasteiger partial charge in [-0.2, -0.15) is 15.3 Å². The van der Waals surface area contributed by atoms with E-state index in [0.717, 1.165) is 60.8 Å². The number of benzene rings is 3. The summed E-state index contributed by atoms with van der Waals surface area (Å²) in [4.78, 5) is 15.6. The van der Waals surface area contributed by atoms with Gasteiger partial charge in [-0.3, -0.25) is 0 Å². The van der Waals surface area contributed by atoms with Gasteiger partial charge < -0.3 is 0 Å². The van der Waals surface area contributed by atoms with Gasteiger partial charge >= 0.3 is 0 Å². The Labute approximate surface area is 319 Å². The Balaban J connectivity index is 1.07. The summed E-state index contributed by atoms with van der Waals surface area (Å²) in [5.41, 5.74) is 6.03. The van der Waals surface area contributed by atoms with E-state index in [-0.39, 0.29) is 46.1 Å². The van der Waals surface area contributed by atoms with E-state index in [1.54, 1.807) is 0 Å². The minimum atomic E-state index is -0.167. The van der Waals surface area contributed by atoms with Crippen LogP contribution in [0.3, 0.4) is 0 Å². The van der Waals surface area contributed by atoms with Gasteiger partial charge in [-0.1, -0.05) is 141 Å². The van der Waals surface area contributed by atoms with Crippen molar-refractivity contribution in [2.24, 2.45) is 0 Å². The molecule has 3 aliphatic heterocycles. The predicted octanol–water partition coefficient (Wildman–Crippen LogP) is 9.14. The molecule has 0 saturated carbocycles. The summed E-state index contributed by atoms with van der Waals surface area (Å²) >= 11 is 0. The average molecular weight is 720 g/mol. The Kier molecular flexibility index (Phi) is 7.93. The highest BCUT2D eigenvalue weighted by atomic mass is 15.4. The third kappa shape index (κ3) is 5.91. The normalized spacial score (nSPS) is 22.4. The second-order valence-electron chi connectivity index (χ2n) is 18.9. The zero-order valence-corrected chi connectivity index (χ0v) is 33.2. The largest absolute Gasteiger partial charge is 0.249 e. The van der Waals surface area contributed by atoms with E-state index in [1.807, 2.05) is 0 Å². The van der Waals surface area contributed by atoms with Crippen LogP contribution in [0, 0.1) is 0 Å². The van der Waals surface area contributed by atoms with Crippen molar-refractivity contribution in [2.75, 3.05) is 0 Å². The first-order valence-corrected chi connectivity index (χ1v) is 19.8. The Hall–Kier alpha value is -4.92. The van der Waals surface area contributed by atoms with Crippen LogP contribution in [-0.4, -0.2) is 44.3 Å². The minimum Gasteiger partial charge on any atom is -0.249 e. The summed E-state index contributed by atoms with van der Waals surface area (Å²) in [6.07, 6.45) is 2.86. The molecule has 0 radical (unpaired) electrons.